The maximum atomic E-state index is 13.4. The number of hydrogen-bond donors (Lipinski definition) is 1. The minimum atomic E-state index is -0.479. The molecule has 6 heteroatoms. The molecule has 0 atom stereocenters. The van der Waals surface area contributed by atoms with Crippen molar-refractivity contribution in [1.29, 1.82) is 0 Å². The van der Waals surface area contributed by atoms with Gasteiger partial charge in [0.1, 0.15) is 5.82 Å². The van der Waals surface area contributed by atoms with E-state index in [0.717, 1.165) is 18.4 Å². The van der Waals surface area contributed by atoms with Gasteiger partial charge in [-0.05, 0) is 18.9 Å². The van der Waals surface area contributed by atoms with E-state index in [-0.39, 0.29) is 5.02 Å². The first-order valence-corrected chi connectivity index (χ1v) is 7.75. The molecule has 0 saturated heterocycles. The van der Waals surface area contributed by atoms with Gasteiger partial charge in [-0.15, -0.1) is 0 Å². The summed E-state index contributed by atoms with van der Waals surface area (Å²) in [4.78, 5) is 4.17. The molecule has 1 heterocycles. The SMILES string of the molecule is Nc1nc2cc(F)c(Cl)cc2n1CCOC1CCCCC1. The highest BCUT2D eigenvalue weighted by atomic mass is 35.5. The largest absolute Gasteiger partial charge is 0.376 e. The smallest absolute Gasteiger partial charge is 0.201 e. The van der Waals surface area contributed by atoms with Crippen molar-refractivity contribution in [1.82, 2.24) is 9.55 Å². The van der Waals surface area contributed by atoms with E-state index in [1.165, 1.54) is 25.3 Å². The number of halogens is 2. The minimum Gasteiger partial charge on any atom is -0.376 e. The number of anilines is 1. The Balaban J connectivity index is 1.71. The van der Waals surface area contributed by atoms with Crippen LogP contribution in [0.4, 0.5) is 10.3 Å². The molecule has 114 valence electrons. The highest BCUT2D eigenvalue weighted by Crippen LogP contribution is 2.25. The molecule has 1 fully saturated rings. The molecule has 0 bridgehead atoms. The van der Waals surface area contributed by atoms with E-state index < -0.39 is 5.82 Å². The van der Waals surface area contributed by atoms with Gasteiger partial charge in [0.05, 0.1) is 28.8 Å². The van der Waals surface area contributed by atoms with Crippen LogP contribution in [-0.4, -0.2) is 22.3 Å². The summed E-state index contributed by atoms with van der Waals surface area (Å²) in [6, 6.07) is 2.88. The van der Waals surface area contributed by atoms with Crippen LogP contribution in [-0.2, 0) is 11.3 Å². The predicted octanol–water partition coefficient (Wildman–Crippen LogP) is 3.76. The van der Waals surface area contributed by atoms with E-state index in [4.69, 9.17) is 22.1 Å². The number of hydrogen-bond acceptors (Lipinski definition) is 3. The van der Waals surface area contributed by atoms with Crippen LogP contribution in [0.1, 0.15) is 32.1 Å². The topological polar surface area (TPSA) is 53.1 Å². The molecular formula is C15H19ClFN3O. The van der Waals surface area contributed by atoms with Gasteiger partial charge < -0.3 is 15.0 Å². The van der Waals surface area contributed by atoms with E-state index >= 15 is 0 Å². The van der Waals surface area contributed by atoms with Crippen LogP contribution in [0.2, 0.25) is 5.02 Å². The van der Waals surface area contributed by atoms with Gasteiger partial charge in [-0.3, -0.25) is 0 Å². The van der Waals surface area contributed by atoms with Crippen molar-refractivity contribution in [2.24, 2.45) is 0 Å². The number of nitrogen functional groups attached to an aromatic ring is 1. The lowest BCUT2D eigenvalue weighted by Gasteiger charge is -2.22. The summed E-state index contributed by atoms with van der Waals surface area (Å²) < 4.78 is 21.2. The van der Waals surface area contributed by atoms with Crippen LogP contribution >= 0.6 is 11.6 Å². The van der Waals surface area contributed by atoms with Crippen molar-refractivity contribution in [2.75, 3.05) is 12.3 Å². The molecule has 0 unspecified atom stereocenters. The highest BCUT2D eigenvalue weighted by Gasteiger charge is 2.15. The number of imidazole rings is 1. The lowest BCUT2D eigenvalue weighted by atomic mass is 9.98. The average Bonchev–Trinajstić information content (AvgIpc) is 2.76. The number of rotatable bonds is 4. The summed E-state index contributed by atoms with van der Waals surface area (Å²) in [5, 5.41) is 0.0804. The van der Waals surface area contributed by atoms with Crippen molar-refractivity contribution < 1.29 is 9.13 Å². The summed E-state index contributed by atoms with van der Waals surface area (Å²) in [6.45, 7) is 1.18. The predicted molar refractivity (Wildman–Crippen MR) is 81.9 cm³/mol. The van der Waals surface area contributed by atoms with Gasteiger partial charge in [0.15, 0.2) is 0 Å². The second-order valence-electron chi connectivity index (χ2n) is 5.51. The molecule has 0 radical (unpaired) electrons. The zero-order valence-corrected chi connectivity index (χ0v) is 12.6. The van der Waals surface area contributed by atoms with E-state index in [2.05, 4.69) is 4.98 Å². The lowest BCUT2D eigenvalue weighted by Crippen LogP contribution is -2.19. The first kappa shape index (κ1) is 14.6. The lowest BCUT2D eigenvalue weighted by molar-refractivity contribution is 0.0246. The molecule has 1 saturated carbocycles. The fourth-order valence-corrected chi connectivity index (χ4v) is 3.07. The molecule has 2 N–H and O–H groups in total. The number of ether oxygens (including phenoxy) is 1. The fraction of sp³-hybridized carbons (Fsp3) is 0.533. The quantitative estimate of drug-likeness (QED) is 0.935. The third-order valence-electron chi connectivity index (χ3n) is 4.04. The zero-order valence-electron chi connectivity index (χ0n) is 11.8. The van der Waals surface area contributed by atoms with E-state index in [1.807, 2.05) is 4.57 Å². The average molecular weight is 312 g/mol. The molecule has 1 aromatic carbocycles. The monoisotopic (exact) mass is 311 g/mol. The van der Waals surface area contributed by atoms with Crippen molar-refractivity contribution in [3.63, 3.8) is 0 Å². The van der Waals surface area contributed by atoms with Gasteiger partial charge in [-0.1, -0.05) is 30.9 Å². The number of benzene rings is 1. The standard InChI is InChI=1S/C15H19ClFN3O/c16-11-8-14-13(9-12(11)17)19-15(18)20(14)6-7-21-10-4-2-1-3-5-10/h8-10H,1-7H2,(H2,18,19). The Morgan fingerprint density at radius 1 is 1.33 bits per heavy atom. The third-order valence-corrected chi connectivity index (χ3v) is 4.33. The summed E-state index contributed by atoms with van der Waals surface area (Å²) in [6.07, 6.45) is 6.43. The number of nitrogens with two attached hydrogens (primary N) is 1. The van der Waals surface area contributed by atoms with Gasteiger partial charge in [-0.2, -0.15) is 0 Å². The number of fused-ring (bicyclic) bond motifs is 1. The van der Waals surface area contributed by atoms with Crippen LogP contribution in [0.15, 0.2) is 12.1 Å². The fourth-order valence-electron chi connectivity index (χ4n) is 2.92. The van der Waals surface area contributed by atoms with Crippen LogP contribution in [0.5, 0.6) is 0 Å². The molecule has 2 aromatic rings. The molecule has 4 nitrogen and oxygen atoms in total. The Kier molecular flexibility index (Phi) is 4.31. The summed E-state index contributed by atoms with van der Waals surface area (Å²) in [5.74, 6) is -0.119. The Morgan fingerprint density at radius 2 is 2.10 bits per heavy atom. The Morgan fingerprint density at radius 3 is 2.86 bits per heavy atom. The van der Waals surface area contributed by atoms with Crippen molar-refractivity contribution in [2.45, 2.75) is 44.8 Å². The van der Waals surface area contributed by atoms with Gasteiger partial charge in [0.25, 0.3) is 0 Å². The zero-order chi connectivity index (χ0) is 14.8. The normalized spacial score (nSPS) is 16.7. The number of aromatic nitrogens is 2. The van der Waals surface area contributed by atoms with Crippen molar-refractivity contribution in [3.05, 3.63) is 23.0 Å². The van der Waals surface area contributed by atoms with Gasteiger partial charge in [-0.25, -0.2) is 9.37 Å². The maximum Gasteiger partial charge on any atom is 0.201 e. The van der Waals surface area contributed by atoms with Crippen molar-refractivity contribution in [3.8, 4) is 0 Å². The Bertz CT molecular complexity index is 637. The molecular weight excluding hydrogens is 293 g/mol. The molecule has 21 heavy (non-hydrogen) atoms. The van der Waals surface area contributed by atoms with Gasteiger partial charge >= 0.3 is 0 Å². The van der Waals surface area contributed by atoms with Crippen LogP contribution in [0.3, 0.4) is 0 Å². The first-order chi connectivity index (χ1) is 10.1. The summed E-state index contributed by atoms with van der Waals surface area (Å²) >= 11 is 5.84. The van der Waals surface area contributed by atoms with E-state index in [1.54, 1.807) is 6.07 Å². The van der Waals surface area contributed by atoms with Crippen LogP contribution in [0.25, 0.3) is 11.0 Å². The highest BCUT2D eigenvalue weighted by molar-refractivity contribution is 6.31. The molecule has 0 amide bonds. The Labute approximate surface area is 128 Å². The van der Waals surface area contributed by atoms with Gasteiger partial charge in [0.2, 0.25) is 5.95 Å². The minimum absolute atomic E-state index is 0.0804. The molecule has 1 aliphatic rings. The number of nitrogens with zero attached hydrogens (tertiary/aromatic N) is 2. The van der Waals surface area contributed by atoms with Gasteiger partial charge in [0, 0.05) is 12.6 Å². The summed E-state index contributed by atoms with van der Waals surface area (Å²) in [5.41, 5.74) is 7.17. The molecule has 0 aliphatic heterocycles. The molecule has 1 aromatic heterocycles. The third kappa shape index (κ3) is 3.14. The summed E-state index contributed by atoms with van der Waals surface area (Å²) in [7, 11) is 0. The molecule has 3 rings (SSSR count). The maximum absolute atomic E-state index is 13.4. The second-order valence-corrected chi connectivity index (χ2v) is 5.91. The first-order valence-electron chi connectivity index (χ1n) is 7.37. The second kappa shape index (κ2) is 6.20. The molecule has 1 aliphatic carbocycles. The van der Waals surface area contributed by atoms with Crippen LogP contribution < -0.4 is 5.73 Å². The Hall–Kier alpha value is -1.33. The van der Waals surface area contributed by atoms with E-state index in [0.29, 0.717) is 30.7 Å². The van der Waals surface area contributed by atoms with Crippen LogP contribution in [0, 0.1) is 5.82 Å². The molecule has 0 spiro atoms. The van der Waals surface area contributed by atoms with E-state index in [9.17, 15) is 4.39 Å². The van der Waals surface area contributed by atoms with Crippen molar-refractivity contribution >= 4 is 28.6 Å².